The SMILES string of the molecule is COC(=O)c1c(F)c(F)c(C2(C(=O)O)CCCC2)c(F)c1F. The Morgan fingerprint density at radius 3 is 1.82 bits per heavy atom. The van der Waals surface area contributed by atoms with Crippen molar-refractivity contribution in [3.8, 4) is 0 Å². The van der Waals surface area contributed by atoms with Gasteiger partial charge in [0.25, 0.3) is 0 Å². The molecule has 0 bridgehead atoms. The third-order valence-electron chi connectivity index (χ3n) is 4.00. The smallest absolute Gasteiger partial charge is 0.344 e. The van der Waals surface area contributed by atoms with Crippen molar-refractivity contribution < 1.29 is 37.0 Å². The van der Waals surface area contributed by atoms with Crippen LogP contribution in [0.3, 0.4) is 0 Å². The number of carboxylic acids is 1. The van der Waals surface area contributed by atoms with Crippen LogP contribution in [0.4, 0.5) is 17.6 Å². The monoisotopic (exact) mass is 320 g/mol. The van der Waals surface area contributed by atoms with Crippen LogP contribution in [0, 0.1) is 23.3 Å². The Bertz CT molecular complexity index is 622. The quantitative estimate of drug-likeness (QED) is 0.528. The van der Waals surface area contributed by atoms with Crippen LogP contribution in [0.15, 0.2) is 0 Å². The first-order valence-corrected chi connectivity index (χ1v) is 6.46. The van der Waals surface area contributed by atoms with Crippen LogP contribution in [0.2, 0.25) is 0 Å². The Labute approximate surface area is 122 Å². The predicted octanol–water partition coefficient (Wildman–Crippen LogP) is 2.93. The number of hydrogen-bond donors (Lipinski definition) is 1. The molecule has 8 heteroatoms. The van der Waals surface area contributed by atoms with Gasteiger partial charge in [-0.15, -0.1) is 0 Å². The summed E-state index contributed by atoms with van der Waals surface area (Å²) in [7, 11) is 0.792. The second-order valence-corrected chi connectivity index (χ2v) is 5.09. The van der Waals surface area contributed by atoms with Crippen molar-refractivity contribution in [3.05, 3.63) is 34.4 Å². The molecule has 1 aliphatic carbocycles. The van der Waals surface area contributed by atoms with Crippen molar-refractivity contribution in [2.24, 2.45) is 0 Å². The number of esters is 1. The third kappa shape index (κ3) is 2.13. The molecular formula is C14H12F4O4. The van der Waals surface area contributed by atoms with Crippen molar-refractivity contribution in [3.63, 3.8) is 0 Å². The van der Waals surface area contributed by atoms with Crippen LogP contribution in [-0.2, 0) is 14.9 Å². The maximum absolute atomic E-state index is 14.2. The molecule has 1 fully saturated rings. The van der Waals surface area contributed by atoms with Gasteiger partial charge in [-0.3, -0.25) is 4.79 Å². The molecule has 1 aromatic rings. The van der Waals surface area contributed by atoms with E-state index in [1.165, 1.54) is 0 Å². The van der Waals surface area contributed by atoms with E-state index in [0.29, 0.717) is 12.8 Å². The Hall–Kier alpha value is -2.12. The Balaban J connectivity index is 2.79. The zero-order valence-corrected chi connectivity index (χ0v) is 11.5. The second kappa shape index (κ2) is 5.58. The molecule has 0 aromatic heterocycles. The summed E-state index contributed by atoms with van der Waals surface area (Å²) >= 11 is 0. The van der Waals surface area contributed by atoms with Crippen LogP contribution in [0.5, 0.6) is 0 Å². The summed E-state index contributed by atoms with van der Waals surface area (Å²) in [6, 6.07) is 0. The molecule has 0 aliphatic heterocycles. The van der Waals surface area contributed by atoms with Crippen LogP contribution in [0.25, 0.3) is 0 Å². The van der Waals surface area contributed by atoms with Gasteiger partial charge in [0.05, 0.1) is 12.5 Å². The van der Waals surface area contributed by atoms with E-state index >= 15 is 0 Å². The van der Waals surface area contributed by atoms with Gasteiger partial charge in [0.1, 0.15) is 5.56 Å². The van der Waals surface area contributed by atoms with E-state index in [9.17, 15) is 32.3 Å². The van der Waals surface area contributed by atoms with Gasteiger partial charge in [0, 0.05) is 5.56 Å². The number of aliphatic carboxylic acids is 1. The fraction of sp³-hybridized carbons (Fsp3) is 0.429. The van der Waals surface area contributed by atoms with E-state index in [4.69, 9.17) is 0 Å². The molecule has 0 spiro atoms. The van der Waals surface area contributed by atoms with Crippen molar-refractivity contribution >= 4 is 11.9 Å². The van der Waals surface area contributed by atoms with E-state index in [0.717, 1.165) is 7.11 Å². The number of rotatable bonds is 3. The van der Waals surface area contributed by atoms with Gasteiger partial charge in [-0.2, -0.15) is 0 Å². The topological polar surface area (TPSA) is 63.6 Å². The molecular weight excluding hydrogens is 308 g/mol. The highest BCUT2D eigenvalue weighted by Gasteiger charge is 2.49. The van der Waals surface area contributed by atoms with Crippen molar-refractivity contribution in [1.82, 2.24) is 0 Å². The minimum absolute atomic E-state index is 0.146. The van der Waals surface area contributed by atoms with Crippen molar-refractivity contribution in [1.29, 1.82) is 0 Å². The zero-order valence-electron chi connectivity index (χ0n) is 11.5. The molecule has 1 aliphatic rings. The van der Waals surface area contributed by atoms with Gasteiger partial charge < -0.3 is 9.84 Å². The molecule has 22 heavy (non-hydrogen) atoms. The Kier molecular flexibility index (Phi) is 4.12. The van der Waals surface area contributed by atoms with Gasteiger partial charge >= 0.3 is 11.9 Å². The maximum Gasteiger partial charge on any atom is 0.344 e. The summed E-state index contributed by atoms with van der Waals surface area (Å²) in [5.41, 5.74) is -4.73. The minimum atomic E-state index is -2.04. The number of halogens is 4. The molecule has 0 saturated heterocycles. The summed E-state index contributed by atoms with van der Waals surface area (Å²) in [6.07, 6.45) is 0.416. The first-order valence-electron chi connectivity index (χ1n) is 6.46. The number of carbonyl (C=O) groups is 2. The van der Waals surface area contributed by atoms with Crippen molar-refractivity contribution in [2.75, 3.05) is 7.11 Å². The van der Waals surface area contributed by atoms with Gasteiger partial charge in [-0.25, -0.2) is 22.4 Å². The standard InChI is InChI=1S/C14H12F4O4/c1-22-12(19)6-8(15)10(17)7(11(18)9(6)16)14(13(20)21)4-2-3-5-14/h2-5H2,1H3,(H,20,21). The first-order chi connectivity index (χ1) is 10.3. The molecule has 0 amide bonds. The van der Waals surface area contributed by atoms with Crippen LogP contribution in [-0.4, -0.2) is 24.2 Å². The van der Waals surface area contributed by atoms with E-state index in [1.54, 1.807) is 0 Å². The molecule has 1 N–H and O–H groups in total. The number of carbonyl (C=O) groups excluding carboxylic acids is 1. The number of ether oxygens (including phenoxy) is 1. The summed E-state index contributed by atoms with van der Waals surface area (Å²) < 4.78 is 60.4. The molecule has 1 aromatic carbocycles. The lowest BCUT2D eigenvalue weighted by atomic mass is 9.77. The summed E-state index contributed by atoms with van der Waals surface area (Å²) in [6.45, 7) is 0. The number of carboxylic acid groups (broad SMARTS) is 1. The van der Waals surface area contributed by atoms with E-state index in [2.05, 4.69) is 4.74 Å². The fourth-order valence-corrected chi connectivity index (χ4v) is 2.88. The number of benzene rings is 1. The normalized spacial score (nSPS) is 16.6. The van der Waals surface area contributed by atoms with Gasteiger partial charge in [0.15, 0.2) is 23.3 Å². The first kappa shape index (κ1) is 16.3. The zero-order chi connectivity index (χ0) is 16.7. The highest BCUT2D eigenvalue weighted by molar-refractivity contribution is 5.90. The highest BCUT2D eigenvalue weighted by Crippen LogP contribution is 2.45. The fourth-order valence-electron chi connectivity index (χ4n) is 2.88. The lowest BCUT2D eigenvalue weighted by molar-refractivity contribution is -0.143. The Morgan fingerprint density at radius 1 is 1.00 bits per heavy atom. The molecule has 1 saturated carbocycles. The third-order valence-corrected chi connectivity index (χ3v) is 4.00. The van der Waals surface area contributed by atoms with Crippen LogP contribution in [0.1, 0.15) is 41.6 Å². The van der Waals surface area contributed by atoms with Crippen LogP contribution < -0.4 is 0 Å². The lowest BCUT2D eigenvalue weighted by Gasteiger charge is -2.26. The van der Waals surface area contributed by atoms with Gasteiger partial charge in [-0.1, -0.05) is 12.8 Å². The van der Waals surface area contributed by atoms with E-state index in [-0.39, 0.29) is 12.8 Å². The van der Waals surface area contributed by atoms with Gasteiger partial charge in [0.2, 0.25) is 0 Å². The minimum Gasteiger partial charge on any atom is -0.481 e. The van der Waals surface area contributed by atoms with Crippen LogP contribution >= 0.6 is 0 Å². The lowest BCUT2D eigenvalue weighted by Crippen LogP contribution is -2.36. The average molecular weight is 320 g/mol. The molecule has 4 nitrogen and oxygen atoms in total. The predicted molar refractivity (Wildman–Crippen MR) is 65.4 cm³/mol. The highest BCUT2D eigenvalue weighted by atomic mass is 19.2. The summed E-state index contributed by atoms with van der Waals surface area (Å²) in [4.78, 5) is 22.7. The van der Waals surface area contributed by atoms with E-state index in [1.807, 2.05) is 0 Å². The number of hydrogen-bond acceptors (Lipinski definition) is 3. The summed E-state index contributed by atoms with van der Waals surface area (Å²) in [5.74, 6) is -10.8. The molecule has 120 valence electrons. The molecule has 0 heterocycles. The Morgan fingerprint density at radius 2 is 1.45 bits per heavy atom. The largest absolute Gasteiger partial charge is 0.481 e. The molecule has 0 atom stereocenters. The maximum atomic E-state index is 14.2. The number of methoxy groups -OCH3 is 1. The van der Waals surface area contributed by atoms with E-state index < -0.39 is 51.7 Å². The second-order valence-electron chi connectivity index (χ2n) is 5.09. The average Bonchev–Trinajstić information content (AvgIpc) is 2.96. The molecule has 0 unspecified atom stereocenters. The van der Waals surface area contributed by atoms with Crippen molar-refractivity contribution in [2.45, 2.75) is 31.1 Å². The van der Waals surface area contributed by atoms with Gasteiger partial charge in [-0.05, 0) is 12.8 Å². The molecule has 2 rings (SSSR count). The molecule has 0 radical (unpaired) electrons. The summed E-state index contributed by atoms with van der Waals surface area (Å²) in [5, 5.41) is 9.30.